The first kappa shape index (κ1) is 11.4. The van der Waals surface area contributed by atoms with E-state index in [0.717, 1.165) is 9.65 Å². The van der Waals surface area contributed by atoms with Gasteiger partial charge < -0.3 is 0 Å². The molecule has 0 nitrogen and oxygen atoms in total. The van der Waals surface area contributed by atoms with Gasteiger partial charge in [-0.25, -0.2) is 0 Å². The SMILES string of the molecule is FC(F)(F)c1cc(Br)cc2c1CC=C2I. The van der Waals surface area contributed by atoms with Crippen molar-refractivity contribution in [2.75, 3.05) is 0 Å². The number of benzene rings is 1. The zero-order chi connectivity index (χ0) is 11.2. The van der Waals surface area contributed by atoms with Crippen LogP contribution in [-0.4, -0.2) is 0 Å². The molecule has 2 rings (SSSR count). The number of alkyl halides is 3. The molecule has 0 saturated carbocycles. The third-order valence-corrected chi connectivity index (χ3v) is 3.74. The molecule has 15 heavy (non-hydrogen) atoms. The molecule has 0 saturated heterocycles. The van der Waals surface area contributed by atoms with E-state index in [1.807, 2.05) is 6.08 Å². The summed E-state index contributed by atoms with van der Waals surface area (Å²) < 4.78 is 39.5. The molecule has 0 bridgehead atoms. The van der Waals surface area contributed by atoms with Crippen LogP contribution in [0.4, 0.5) is 13.2 Å². The topological polar surface area (TPSA) is 0 Å². The summed E-state index contributed by atoms with van der Waals surface area (Å²) in [6.07, 6.45) is -2.09. The molecule has 0 atom stereocenters. The standard InChI is InChI=1S/C10H5BrF3I/c11-5-3-7-6(1-2-9(7)15)8(4-5)10(12,13)14/h2-4H,1H2. The molecule has 0 radical (unpaired) electrons. The Balaban J connectivity index is 2.66. The summed E-state index contributed by atoms with van der Waals surface area (Å²) in [4.78, 5) is 0. The Kier molecular flexibility index (Phi) is 2.87. The minimum atomic E-state index is -4.27. The summed E-state index contributed by atoms with van der Waals surface area (Å²) in [6, 6.07) is 2.87. The lowest BCUT2D eigenvalue weighted by molar-refractivity contribution is -0.138. The van der Waals surface area contributed by atoms with Gasteiger partial charge in [0.25, 0.3) is 0 Å². The molecule has 0 unspecified atom stereocenters. The Morgan fingerprint density at radius 2 is 1.93 bits per heavy atom. The molecular formula is C10H5BrF3I. The predicted molar refractivity (Wildman–Crippen MR) is 64.8 cm³/mol. The second-order valence-electron chi connectivity index (χ2n) is 3.23. The Bertz CT molecular complexity index is 449. The molecule has 1 aliphatic carbocycles. The van der Waals surface area contributed by atoms with Gasteiger partial charge in [0.05, 0.1) is 5.56 Å². The summed E-state index contributed by atoms with van der Waals surface area (Å²) in [5, 5.41) is 0. The van der Waals surface area contributed by atoms with Gasteiger partial charge in [0.15, 0.2) is 0 Å². The maximum absolute atomic E-state index is 12.7. The maximum atomic E-state index is 12.7. The van der Waals surface area contributed by atoms with Crippen molar-refractivity contribution in [3.05, 3.63) is 39.4 Å². The van der Waals surface area contributed by atoms with Crippen molar-refractivity contribution in [1.82, 2.24) is 0 Å². The smallest absolute Gasteiger partial charge is 0.166 e. The molecule has 1 aromatic carbocycles. The van der Waals surface area contributed by atoms with Crippen molar-refractivity contribution in [1.29, 1.82) is 0 Å². The second-order valence-corrected chi connectivity index (χ2v) is 5.31. The molecule has 80 valence electrons. The molecular weight excluding hydrogens is 384 g/mol. The number of halogens is 5. The Labute approximate surface area is 107 Å². The van der Waals surface area contributed by atoms with Crippen LogP contribution in [0.5, 0.6) is 0 Å². The number of hydrogen-bond acceptors (Lipinski definition) is 0. The van der Waals surface area contributed by atoms with E-state index in [9.17, 15) is 13.2 Å². The minimum Gasteiger partial charge on any atom is -0.166 e. The highest BCUT2D eigenvalue weighted by atomic mass is 127. The average molecular weight is 389 g/mol. The highest BCUT2D eigenvalue weighted by Crippen LogP contribution is 2.42. The monoisotopic (exact) mass is 388 g/mol. The van der Waals surface area contributed by atoms with Crippen LogP contribution in [0, 0.1) is 0 Å². The fourth-order valence-electron chi connectivity index (χ4n) is 1.62. The normalized spacial score (nSPS) is 15.1. The van der Waals surface area contributed by atoms with Gasteiger partial charge in [-0.1, -0.05) is 22.0 Å². The summed E-state index contributed by atoms with van der Waals surface area (Å²) in [5.74, 6) is 0. The van der Waals surface area contributed by atoms with E-state index in [1.54, 1.807) is 6.07 Å². The first-order valence-electron chi connectivity index (χ1n) is 4.15. The molecule has 0 fully saturated rings. The molecule has 0 heterocycles. The van der Waals surface area contributed by atoms with Crippen molar-refractivity contribution in [3.8, 4) is 0 Å². The zero-order valence-corrected chi connectivity index (χ0v) is 11.1. The molecule has 1 aliphatic rings. The van der Waals surface area contributed by atoms with Gasteiger partial charge >= 0.3 is 6.18 Å². The van der Waals surface area contributed by atoms with Gasteiger partial charge in [-0.15, -0.1) is 0 Å². The molecule has 1 aromatic rings. The summed E-state index contributed by atoms with van der Waals surface area (Å²) in [7, 11) is 0. The van der Waals surface area contributed by atoms with Crippen molar-refractivity contribution in [2.24, 2.45) is 0 Å². The van der Waals surface area contributed by atoms with Crippen molar-refractivity contribution in [2.45, 2.75) is 12.6 Å². The van der Waals surface area contributed by atoms with Gasteiger partial charge in [0.2, 0.25) is 0 Å². The van der Waals surface area contributed by atoms with Gasteiger partial charge in [-0.3, -0.25) is 0 Å². The number of hydrogen-bond donors (Lipinski definition) is 0. The van der Waals surface area contributed by atoms with Crippen molar-refractivity contribution in [3.63, 3.8) is 0 Å². The average Bonchev–Trinajstić information content (AvgIpc) is 2.45. The number of fused-ring (bicyclic) bond motifs is 1. The van der Waals surface area contributed by atoms with Crippen LogP contribution >= 0.6 is 38.5 Å². The van der Waals surface area contributed by atoms with E-state index in [-0.39, 0.29) is 0 Å². The van der Waals surface area contributed by atoms with E-state index in [1.165, 1.54) is 0 Å². The highest BCUT2D eigenvalue weighted by molar-refractivity contribution is 14.1. The largest absolute Gasteiger partial charge is 0.416 e. The van der Waals surface area contributed by atoms with Gasteiger partial charge in [0, 0.05) is 8.05 Å². The van der Waals surface area contributed by atoms with E-state index in [0.29, 0.717) is 22.0 Å². The summed E-state index contributed by atoms with van der Waals surface area (Å²) in [5.41, 5.74) is 0.544. The number of rotatable bonds is 0. The van der Waals surface area contributed by atoms with Crippen LogP contribution in [0.2, 0.25) is 0 Å². The fourth-order valence-corrected chi connectivity index (χ4v) is 2.78. The third kappa shape index (κ3) is 2.08. The van der Waals surface area contributed by atoms with E-state index in [4.69, 9.17) is 0 Å². The predicted octanol–water partition coefficient (Wildman–Crippen LogP) is 4.80. The lowest BCUT2D eigenvalue weighted by atomic mass is 10.0. The number of allylic oxidation sites excluding steroid dienone is 1. The van der Waals surface area contributed by atoms with Crippen LogP contribution < -0.4 is 0 Å². The fraction of sp³-hybridized carbons (Fsp3) is 0.200. The lowest BCUT2D eigenvalue weighted by Crippen LogP contribution is -2.09. The molecule has 0 spiro atoms. The Morgan fingerprint density at radius 3 is 2.53 bits per heavy atom. The molecule has 0 N–H and O–H groups in total. The first-order valence-corrected chi connectivity index (χ1v) is 6.02. The Morgan fingerprint density at radius 1 is 1.27 bits per heavy atom. The van der Waals surface area contributed by atoms with E-state index >= 15 is 0 Å². The van der Waals surface area contributed by atoms with Crippen LogP contribution in [0.3, 0.4) is 0 Å². The minimum absolute atomic E-state index is 0.371. The molecule has 0 aliphatic heterocycles. The zero-order valence-electron chi connectivity index (χ0n) is 7.33. The summed E-state index contributed by atoms with van der Waals surface area (Å²) >= 11 is 5.16. The highest BCUT2D eigenvalue weighted by Gasteiger charge is 2.35. The van der Waals surface area contributed by atoms with Crippen LogP contribution in [0.1, 0.15) is 16.7 Å². The first-order chi connectivity index (χ1) is 6.89. The van der Waals surface area contributed by atoms with E-state index in [2.05, 4.69) is 38.5 Å². The molecule has 0 aromatic heterocycles. The van der Waals surface area contributed by atoms with Crippen molar-refractivity contribution >= 4 is 42.1 Å². The van der Waals surface area contributed by atoms with Crippen LogP contribution in [0.25, 0.3) is 3.58 Å². The van der Waals surface area contributed by atoms with Gasteiger partial charge in [-0.2, -0.15) is 13.2 Å². The van der Waals surface area contributed by atoms with Crippen molar-refractivity contribution < 1.29 is 13.2 Å². The van der Waals surface area contributed by atoms with Crippen LogP contribution in [0.15, 0.2) is 22.7 Å². The van der Waals surface area contributed by atoms with E-state index < -0.39 is 11.7 Å². The second kappa shape index (κ2) is 3.76. The Hall–Kier alpha value is -0.0400. The summed E-state index contributed by atoms with van der Waals surface area (Å²) in [6.45, 7) is 0. The lowest BCUT2D eigenvalue weighted by Gasteiger charge is -2.13. The van der Waals surface area contributed by atoms with Crippen LogP contribution in [-0.2, 0) is 12.6 Å². The van der Waals surface area contributed by atoms with Gasteiger partial charge in [0.1, 0.15) is 0 Å². The quantitative estimate of drug-likeness (QED) is 0.560. The third-order valence-electron chi connectivity index (χ3n) is 2.26. The molecule has 5 heteroatoms. The molecule has 0 amide bonds. The maximum Gasteiger partial charge on any atom is 0.416 e. The van der Waals surface area contributed by atoms with Gasteiger partial charge in [-0.05, 0) is 52.3 Å².